The van der Waals surface area contributed by atoms with Crippen LogP contribution in [-0.2, 0) is 28.7 Å². The highest BCUT2D eigenvalue weighted by molar-refractivity contribution is 5.93. The number of ketones is 2. The van der Waals surface area contributed by atoms with Gasteiger partial charge in [-0.1, -0.05) is 45.6 Å². The molecule has 0 aromatic carbocycles. The van der Waals surface area contributed by atoms with E-state index in [-0.39, 0.29) is 60.6 Å². The lowest BCUT2D eigenvalue weighted by atomic mass is 9.84. The van der Waals surface area contributed by atoms with Crippen molar-refractivity contribution in [2.45, 2.75) is 117 Å². The Morgan fingerprint density at radius 3 is 2.52 bits per heavy atom. The smallest absolute Gasteiger partial charge is 0.307 e. The minimum atomic E-state index is -1.20. The van der Waals surface area contributed by atoms with Crippen molar-refractivity contribution in [2.75, 3.05) is 19.8 Å². The molecule has 3 rings (SSSR count). The van der Waals surface area contributed by atoms with E-state index >= 15 is 0 Å². The van der Waals surface area contributed by atoms with Gasteiger partial charge in [-0.05, 0) is 63.2 Å². The van der Waals surface area contributed by atoms with Gasteiger partial charge in [0, 0.05) is 26.0 Å². The largest absolute Gasteiger partial charge is 0.460 e. The molecule has 0 bridgehead atoms. The van der Waals surface area contributed by atoms with E-state index in [1.807, 2.05) is 0 Å². The lowest BCUT2D eigenvalue weighted by molar-refractivity contribution is -0.160. The number of carbonyl (C=O) groups is 4. The van der Waals surface area contributed by atoms with Gasteiger partial charge in [0.2, 0.25) is 5.91 Å². The summed E-state index contributed by atoms with van der Waals surface area (Å²) in [6.07, 6.45) is 6.25. The quantitative estimate of drug-likeness (QED) is 0.356. The molecule has 0 spiro atoms. The second kappa shape index (κ2) is 13.7. The summed E-state index contributed by atoms with van der Waals surface area (Å²) >= 11 is 0. The molecular formula is C32H51NO7. The molecule has 1 N–H and O–H groups in total. The topological polar surface area (TPSA) is 110 Å². The predicted octanol–water partition coefficient (Wildman–Crippen LogP) is 4.66. The molecule has 226 valence electrons. The average Bonchev–Trinajstić information content (AvgIpc) is 3.19. The van der Waals surface area contributed by atoms with E-state index < -0.39 is 35.6 Å². The summed E-state index contributed by atoms with van der Waals surface area (Å²) in [6.45, 7) is 14.4. The van der Waals surface area contributed by atoms with Crippen molar-refractivity contribution >= 4 is 23.4 Å². The van der Waals surface area contributed by atoms with Crippen LogP contribution in [-0.4, -0.2) is 71.0 Å². The van der Waals surface area contributed by atoms with Gasteiger partial charge in [-0.25, -0.2) is 0 Å². The monoisotopic (exact) mass is 561 g/mol. The number of esters is 1. The van der Waals surface area contributed by atoms with Crippen LogP contribution in [0.3, 0.4) is 0 Å². The molecule has 0 aromatic heterocycles. The Labute approximate surface area is 240 Å². The second-order valence-electron chi connectivity index (χ2n) is 13.7. The zero-order valence-corrected chi connectivity index (χ0v) is 25.3. The molecule has 1 amide bonds. The summed E-state index contributed by atoms with van der Waals surface area (Å²) in [5, 5.41) is 11.0. The zero-order chi connectivity index (χ0) is 29.7. The van der Waals surface area contributed by atoms with Crippen molar-refractivity contribution in [3.63, 3.8) is 0 Å². The van der Waals surface area contributed by atoms with Crippen molar-refractivity contribution in [1.82, 2.24) is 4.90 Å². The van der Waals surface area contributed by atoms with E-state index in [1.54, 1.807) is 31.7 Å². The van der Waals surface area contributed by atoms with E-state index in [0.717, 1.165) is 32.1 Å². The number of hydrogen-bond acceptors (Lipinski definition) is 7. The summed E-state index contributed by atoms with van der Waals surface area (Å²) in [7, 11) is 0. The summed E-state index contributed by atoms with van der Waals surface area (Å²) in [4.78, 5) is 55.1. The Balaban J connectivity index is 1.86. The number of hydrogen-bond donors (Lipinski definition) is 1. The van der Waals surface area contributed by atoms with Crippen molar-refractivity contribution in [3.05, 3.63) is 12.7 Å². The van der Waals surface area contributed by atoms with Crippen molar-refractivity contribution in [1.29, 1.82) is 0 Å². The lowest BCUT2D eigenvalue weighted by Gasteiger charge is -2.34. The maximum absolute atomic E-state index is 14.0. The Morgan fingerprint density at radius 2 is 1.85 bits per heavy atom. The fourth-order valence-corrected chi connectivity index (χ4v) is 6.69. The van der Waals surface area contributed by atoms with Gasteiger partial charge >= 0.3 is 5.97 Å². The summed E-state index contributed by atoms with van der Waals surface area (Å²) < 4.78 is 11.4. The number of rotatable bonds is 7. The number of piperidine rings is 1. The van der Waals surface area contributed by atoms with Gasteiger partial charge < -0.3 is 19.5 Å². The molecule has 3 fully saturated rings. The molecule has 8 nitrogen and oxygen atoms in total. The fraction of sp³-hybridized carbons (Fsp3) is 0.812. The third kappa shape index (κ3) is 8.25. The van der Waals surface area contributed by atoms with E-state index in [1.165, 1.54) is 0 Å². The van der Waals surface area contributed by atoms with Crippen LogP contribution in [0.5, 0.6) is 0 Å². The Hall–Kier alpha value is -2.06. The third-order valence-electron chi connectivity index (χ3n) is 9.02. The van der Waals surface area contributed by atoms with Gasteiger partial charge in [-0.15, -0.1) is 6.58 Å². The van der Waals surface area contributed by atoms with Crippen LogP contribution in [0, 0.1) is 29.1 Å². The maximum atomic E-state index is 14.0. The first-order chi connectivity index (χ1) is 18.8. The minimum Gasteiger partial charge on any atom is -0.460 e. The zero-order valence-electron chi connectivity index (χ0n) is 25.3. The predicted molar refractivity (Wildman–Crippen MR) is 152 cm³/mol. The molecule has 1 saturated carbocycles. The van der Waals surface area contributed by atoms with Crippen LogP contribution in [0.15, 0.2) is 12.7 Å². The minimum absolute atomic E-state index is 0.0280. The van der Waals surface area contributed by atoms with E-state index in [2.05, 4.69) is 20.4 Å². The summed E-state index contributed by atoms with van der Waals surface area (Å²) in [6, 6.07) is -0.625. The number of ether oxygens (including phenoxy) is 2. The Morgan fingerprint density at radius 1 is 1.18 bits per heavy atom. The summed E-state index contributed by atoms with van der Waals surface area (Å²) in [5.74, 6) is -2.05. The first-order valence-electron chi connectivity index (χ1n) is 15.2. The number of aliphatic hydroxyl groups excluding tert-OH is 1. The molecular weight excluding hydrogens is 510 g/mol. The Bertz CT molecular complexity index is 936. The first-order valence-corrected chi connectivity index (χ1v) is 15.2. The normalized spacial score (nSPS) is 30.6. The summed E-state index contributed by atoms with van der Waals surface area (Å²) in [5.41, 5.74) is -0.737. The highest BCUT2D eigenvalue weighted by Gasteiger charge is 2.69. The molecule has 2 heterocycles. The molecule has 3 aliphatic rings. The molecule has 0 radical (unpaired) electrons. The molecule has 1 unspecified atom stereocenters. The number of allylic oxidation sites excluding steroid dienone is 1. The van der Waals surface area contributed by atoms with Gasteiger partial charge in [-0.3, -0.25) is 19.2 Å². The Kier molecular flexibility index (Phi) is 11.1. The molecule has 2 saturated heterocycles. The number of Topliss-reactive ketones (excluding diaryl/α,β-unsaturated/α-hetero) is 2. The first kappa shape index (κ1) is 32.5. The van der Waals surface area contributed by atoms with E-state index in [4.69, 9.17) is 9.47 Å². The van der Waals surface area contributed by atoms with Crippen LogP contribution in [0.2, 0.25) is 0 Å². The third-order valence-corrected chi connectivity index (χ3v) is 9.02. The van der Waals surface area contributed by atoms with Crippen LogP contribution < -0.4 is 0 Å². The highest BCUT2D eigenvalue weighted by atomic mass is 16.6. The average molecular weight is 562 g/mol. The standard InChI is InChI=1S/C32H51NO7/c1-7-8-15-24(34)29(37)21-14-12-10-9-11-13-16-39-20-22(18-26(36)40-31(2,3)4)30(38)33-19-23-27(32(23,5)6)28(33)25(35)17-21/h7,21-23,27-29,37H,1,8-20H2,2-6H3/t21-,22+,23+,27+,28-,29?/m1/s1. The van der Waals surface area contributed by atoms with Gasteiger partial charge in [-0.2, -0.15) is 0 Å². The van der Waals surface area contributed by atoms with Crippen molar-refractivity contribution in [2.24, 2.45) is 29.1 Å². The molecule has 1 aliphatic carbocycles. The van der Waals surface area contributed by atoms with Gasteiger partial charge in [0.25, 0.3) is 0 Å². The molecule has 8 heteroatoms. The van der Waals surface area contributed by atoms with Crippen LogP contribution in [0.1, 0.15) is 98.8 Å². The second-order valence-corrected chi connectivity index (χ2v) is 13.7. The number of carbonyl (C=O) groups excluding carboxylic acids is 4. The molecule has 6 atom stereocenters. The SMILES string of the molecule is C=CCCC(=O)C(O)[C@@H]1CCCCCCCOC[C@H](CC(=O)OC(C)(C)C)C(=O)N2C[C@H]3[C@@H]([C@H]2C(=O)C1)C3(C)C. The van der Waals surface area contributed by atoms with E-state index in [0.29, 0.717) is 26.0 Å². The number of nitrogens with zero attached hydrogens (tertiary/aromatic N) is 1. The van der Waals surface area contributed by atoms with Crippen LogP contribution >= 0.6 is 0 Å². The molecule has 40 heavy (non-hydrogen) atoms. The van der Waals surface area contributed by atoms with E-state index in [9.17, 15) is 24.3 Å². The van der Waals surface area contributed by atoms with Crippen molar-refractivity contribution < 1.29 is 33.8 Å². The van der Waals surface area contributed by atoms with Gasteiger partial charge in [0.05, 0.1) is 25.0 Å². The van der Waals surface area contributed by atoms with Gasteiger partial charge in [0.15, 0.2) is 11.6 Å². The number of aliphatic hydroxyl groups is 1. The van der Waals surface area contributed by atoms with Crippen LogP contribution in [0.25, 0.3) is 0 Å². The van der Waals surface area contributed by atoms with Crippen molar-refractivity contribution in [3.8, 4) is 0 Å². The molecule has 0 aromatic rings. The number of fused-ring (bicyclic) bond motifs is 3. The number of amides is 1. The maximum Gasteiger partial charge on any atom is 0.307 e. The molecule has 2 aliphatic heterocycles. The van der Waals surface area contributed by atoms with Crippen LogP contribution in [0.4, 0.5) is 0 Å². The van der Waals surface area contributed by atoms with Gasteiger partial charge in [0.1, 0.15) is 11.7 Å². The lowest BCUT2D eigenvalue weighted by Crippen LogP contribution is -2.49. The fourth-order valence-electron chi connectivity index (χ4n) is 6.69. The highest BCUT2D eigenvalue weighted by Crippen LogP contribution is 2.65.